The molecule has 0 amide bonds. The molecular weight excluding hydrogens is 327 g/mol. The first-order valence-electron chi connectivity index (χ1n) is 7.41. The third-order valence-electron chi connectivity index (χ3n) is 4.82. The summed E-state index contributed by atoms with van der Waals surface area (Å²) in [6.45, 7) is 2.65. The van der Waals surface area contributed by atoms with Crippen LogP contribution in [0.3, 0.4) is 0 Å². The zero-order valence-corrected chi connectivity index (χ0v) is 14.2. The summed E-state index contributed by atoms with van der Waals surface area (Å²) in [5.41, 5.74) is 6.86. The van der Waals surface area contributed by atoms with E-state index in [0.29, 0.717) is 19.0 Å². The van der Waals surface area contributed by atoms with Gasteiger partial charge in [0.25, 0.3) is 0 Å². The van der Waals surface area contributed by atoms with Crippen molar-refractivity contribution in [2.45, 2.75) is 37.1 Å². The minimum atomic E-state index is -3.77. The molecule has 1 aliphatic carbocycles. The van der Waals surface area contributed by atoms with Crippen LogP contribution in [0.4, 0.5) is 4.39 Å². The molecule has 1 aliphatic heterocycles. The number of fused-ring (bicyclic) bond motifs is 1. The summed E-state index contributed by atoms with van der Waals surface area (Å²) in [7, 11) is -3.77. The average molecular weight is 349 g/mol. The molecule has 1 heterocycles. The van der Waals surface area contributed by atoms with Crippen molar-refractivity contribution in [2.24, 2.45) is 17.6 Å². The highest BCUT2D eigenvalue weighted by Crippen LogP contribution is 2.38. The molecule has 22 heavy (non-hydrogen) atoms. The van der Waals surface area contributed by atoms with E-state index in [1.165, 1.54) is 16.4 Å². The zero-order valence-electron chi connectivity index (χ0n) is 12.5. The Bertz CT molecular complexity index is 653. The highest BCUT2D eigenvalue weighted by molar-refractivity contribution is 7.89. The Morgan fingerprint density at radius 3 is 2.68 bits per heavy atom. The molecule has 1 saturated heterocycles. The number of hydrogen-bond acceptors (Lipinski definition) is 3. The van der Waals surface area contributed by atoms with E-state index < -0.39 is 15.8 Å². The lowest BCUT2D eigenvalue weighted by Crippen LogP contribution is -2.38. The van der Waals surface area contributed by atoms with Crippen LogP contribution < -0.4 is 5.73 Å². The molecule has 0 bridgehead atoms. The van der Waals surface area contributed by atoms with E-state index in [0.717, 1.165) is 24.8 Å². The Morgan fingerprint density at radius 2 is 2.00 bits per heavy atom. The zero-order chi connectivity index (χ0) is 15.2. The van der Waals surface area contributed by atoms with Gasteiger partial charge in [0, 0.05) is 19.1 Å². The third kappa shape index (κ3) is 3.02. The predicted molar refractivity (Wildman–Crippen MR) is 86.0 cm³/mol. The van der Waals surface area contributed by atoms with Gasteiger partial charge in [-0.2, -0.15) is 4.31 Å². The maximum absolute atomic E-state index is 13.9. The Balaban J connectivity index is 0.00000176. The fourth-order valence-corrected chi connectivity index (χ4v) is 5.30. The standard InChI is InChI=1S/C15H21FN2O2S.ClH/c1-10-5-6-13(16)15(7-10)21(19,20)18-8-11-3-2-4-14(17)12(11)9-18;/h5-7,11-12,14H,2-4,8-9,17H2,1H3;1H. The molecular formula is C15H22ClFN2O2S. The Hall–Kier alpha value is -0.690. The van der Waals surface area contributed by atoms with Crippen molar-refractivity contribution in [3.8, 4) is 0 Å². The lowest BCUT2D eigenvalue weighted by Gasteiger charge is -2.29. The summed E-state index contributed by atoms with van der Waals surface area (Å²) in [4.78, 5) is -0.213. The number of benzene rings is 1. The first-order valence-corrected chi connectivity index (χ1v) is 8.85. The van der Waals surface area contributed by atoms with Gasteiger partial charge in [-0.3, -0.25) is 0 Å². The van der Waals surface area contributed by atoms with Crippen LogP contribution in [0.5, 0.6) is 0 Å². The van der Waals surface area contributed by atoms with Gasteiger partial charge in [0.1, 0.15) is 10.7 Å². The lowest BCUT2D eigenvalue weighted by atomic mass is 9.78. The molecule has 0 spiro atoms. The number of rotatable bonds is 2. The molecule has 1 aromatic carbocycles. The molecule has 7 heteroatoms. The number of nitrogens with zero attached hydrogens (tertiary/aromatic N) is 1. The Labute approximate surface area is 137 Å². The van der Waals surface area contributed by atoms with Crippen molar-refractivity contribution >= 4 is 22.4 Å². The van der Waals surface area contributed by atoms with E-state index in [1.54, 1.807) is 13.0 Å². The molecule has 1 aromatic rings. The molecule has 2 aliphatic rings. The van der Waals surface area contributed by atoms with Gasteiger partial charge in [-0.15, -0.1) is 12.4 Å². The molecule has 3 rings (SSSR count). The highest BCUT2D eigenvalue weighted by atomic mass is 35.5. The SMILES string of the molecule is Cc1ccc(F)c(S(=O)(=O)N2CC3CCCC(N)C3C2)c1.Cl. The molecule has 3 unspecified atom stereocenters. The van der Waals surface area contributed by atoms with Crippen LogP contribution in [0.15, 0.2) is 23.1 Å². The number of halogens is 2. The summed E-state index contributed by atoms with van der Waals surface area (Å²) in [6.07, 6.45) is 3.02. The average Bonchev–Trinajstić information content (AvgIpc) is 2.88. The molecule has 2 fully saturated rings. The highest BCUT2D eigenvalue weighted by Gasteiger charge is 2.43. The second-order valence-corrected chi connectivity index (χ2v) is 8.18. The molecule has 0 radical (unpaired) electrons. The smallest absolute Gasteiger partial charge is 0.246 e. The number of aryl methyl sites for hydroxylation is 1. The minimum Gasteiger partial charge on any atom is -0.327 e. The van der Waals surface area contributed by atoms with E-state index in [9.17, 15) is 12.8 Å². The van der Waals surface area contributed by atoms with Crippen LogP contribution in [-0.2, 0) is 10.0 Å². The summed E-state index contributed by atoms with van der Waals surface area (Å²) < 4.78 is 40.8. The largest absolute Gasteiger partial charge is 0.327 e. The van der Waals surface area contributed by atoms with E-state index in [4.69, 9.17) is 5.73 Å². The van der Waals surface area contributed by atoms with E-state index in [1.807, 2.05) is 0 Å². The molecule has 4 nitrogen and oxygen atoms in total. The van der Waals surface area contributed by atoms with Crippen LogP contribution in [-0.4, -0.2) is 31.9 Å². The lowest BCUT2D eigenvalue weighted by molar-refractivity contribution is 0.260. The van der Waals surface area contributed by atoms with Crippen LogP contribution in [0.1, 0.15) is 24.8 Å². The van der Waals surface area contributed by atoms with Crippen molar-refractivity contribution in [1.29, 1.82) is 0 Å². The monoisotopic (exact) mass is 348 g/mol. The van der Waals surface area contributed by atoms with Gasteiger partial charge in [-0.05, 0) is 49.3 Å². The van der Waals surface area contributed by atoms with Crippen molar-refractivity contribution in [3.05, 3.63) is 29.6 Å². The maximum Gasteiger partial charge on any atom is 0.246 e. The predicted octanol–water partition coefficient (Wildman–Crippen LogP) is 2.30. The second-order valence-electron chi connectivity index (χ2n) is 6.27. The van der Waals surface area contributed by atoms with Crippen LogP contribution in [0.25, 0.3) is 0 Å². The van der Waals surface area contributed by atoms with Crippen molar-refractivity contribution in [1.82, 2.24) is 4.31 Å². The molecule has 1 saturated carbocycles. The fraction of sp³-hybridized carbons (Fsp3) is 0.600. The second kappa shape index (κ2) is 6.43. The van der Waals surface area contributed by atoms with Gasteiger partial charge in [0.2, 0.25) is 10.0 Å². The molecule has 2 N–H and O–H groups in total. The van der Waals surface area contributed by atoms with Crippen LogP contribution in [0.2, 0.25) is 0 Å². The molecule has 124 valence electrons. The van der Waals surface area contributed by atoms with Gasteiger partial charge in [0.15, 0.2) is 0 Å². The summed E-state index contributed by atoms with van der Waals surface area (Å²) >= 11 is 0. The fourth-order valence-electron chi connectivity index (χ4n) is 3.62. The van der Waals surface area contributed by atoms with E-state index >= 15 is 0 Å². The van der Waals surface area contributed by atoms with Gasteiger partial charge in [-0.25, -0.2) is 12.8 Å². The first kappa shape index (κ1) is 17.7. The van der Waals surface area contributed by atoms with Crippen LogP contribution in [0, 0.1) is 24.6 Å². The topological polar surface area (TPSA) is 63.4 Å². The summed E-state index contributed by atoms with van der Waals surface area (Å²) in [5, 5.41) is 0. The Kier molecular flexibility index (Phi) is 5.16. The normalized spacial score (nSPS) is 29.0. The minimum absolute atomic E-state index is 0. The number of sulfonamides is 1. The van der Waals surface area contributed by atoms with Crippen molar-refractivity contribution in [3.63, 3.8) is 0 Å². The van der Waals surface area contributed by atoms with E-state index in [2.05, 4.69) is 0 Å². The van der Waals surface area contributed by atoms with E-state index in [-0.39, 0.29) is 29.3 Å². The van der Waals surface area contributed by atoms with Crippen LogP contribution >= 0.6 is 12.4 Å². The quantitative estimate of drug-likeness (QED) is 0.892. The molecule has 0 aromatic heterocycles. The summed E-state index contributed by atoms with van der Waals surface area (Å²) in [6, 6.07) is 4.27. The maximum atomic E-state index is 13.9. The van der Waals surface area contributed by atoms with Gasteiger partial charge in [0.05, 0.1) is 0 Å². The van der Waals surface area contributed by atoms with Gasteiger partial charge >= 0.3 is 0 Å². The van der Waals surface area contributed by atoms with Crippen molar-refractivity contribution < 1.29 is 12.8 Å². The summed E-state index contributed by atoms with van der Waals surface area (Å²) in [5.74, 6) is -0.155. The third-order valence-corrected chi connectivity index (χ3v) is 6.67. The number of nitrogens with two attached hydrogens (primary N) is 1. The first-order chi connectivity index (χ1) is 9.89. The number of hydrogen-bond donors (Lipinski definition) is 1. The van der Waals surface area contributed by atoms with Gasteiger partial charge < -0.3 is 5.73 Å². The molecule has 3 atom stereocenters. The van der Waals surface area contributed by atoms with Crippen molar-refractivity contribution in [2.75, 3.05) is 13.1 Å². The van der Waals surface area contributed by atoms with Gasteiger partial charge in [-0.1, -0.05) is 12.5 Å². The Morgan fingerprint density at radius 1 is 1.27 bits per heavy atom.